The van der Waals surface area contributed by atoms with E-state index in [0.717, 1.165) is 24.4 Å². The zero-order valence-corrected chi connectivity index (χ0v) is 12.4. The highest BCUT2D eigenvalue weighted by Gasteiger charge is 2.18. The molecule has 0 spiro atoms. The van der Waals surface area contributed by atoms with Gasteiger partial charge in [0.2, 0.25) is 0 Å². The molecule has 1 fully saturated rings. The van der Waals surface area contributed by atoms with Crippen LogP contribution in [0.5, 0.6) is 5.75 Å². The maximum atomic E-state index is 8.97. The van der Waals surface area contributed by atoms with Gasteiger partial charge in [0.05, 0.1) is 18.7 Å². The lowest BCUT2D eigenvalue weighted by atomic mass is 10.0. The first-order valence-electron chi connectivity index (χ1n) is 7.22. The van der Waals surface area contributed by atoms with E-state index in [-0.39, 0.29) is 0 Å². The van der Waals surface area contributed by atoms with Crippen LogP contribution in [0.2, 0.25) is 0 Å². The first kappa shape index (κ1) is 14.8. The van der Waals surface area contributed by atoms with E-state index in [1.54, 1.807) is 13.2 Å². The molecule has 4 nitrogen and oxygen atoms in total. The number of likely N-dealkylation sites (N-methyl/N-ethyl adjacent to an activating group) is 1. The summed E-state index contributed by atoms with van der Waals surface area (Å²) in [7, 11) is 3.86. The predicted molar refractivity (Wildman–Crippen MR) is 79.7 cm³/mol. The number of ether oxygens (including phenoxy) is 1. The Balaban J connectivity index is 1.91. The van der Waals surface area contributed by atoms with Gasteiger partial charge in [0.25, 0.3) is 0 Å². The summed E-state index contributed by atoms with van der Waals surface area (Å²) in [4.78, 5) is 2.43. The third-order valence-electron chi connectivity index (χ3n) is 4.03. The number of rotatable bonds is 5. The molecule has 1 aliphatic rings. The maximum absolute atomic E-state index is 8.97. The lowest BCUT2D eigenvalue weighted by Gasteiger charge is -2.32. The van der Waals surface area contributed by atoms with Crippen LogP contribution in [-0.4, -0.2) is 38.2 Å². The molecular formula is C16H23N3O. The average molecular weight is 273 g/mol. The number of nitriles is 1. The molecule has 0 aliphatic carbocycles. The largest absolute Gasteiger partial charge is 0.496 e. The van der Waals surface area contributed by atoms with Crippen molar-refractivity contribution in [3.05, 3.63) is 29.3 Å². The number of nitrogens with zero attached hydrogens (tertiary/aromatic N) is 2. The van der Waals surface area contributed by atoms with E-state index in [2.05, 4.69) is 23.3 Å². The van der Waals surface area contributed by atoms with Gasteiger partial charge in [0.1, 0.15) is 5.75 Å². The molecule has 0 amide bonds. The number of methoxy groups -OCH3 is 1. The number of likely N-dealkylation sites (tertiary alicyclic amines) is 1. The van der Waals surface area contributed by atoms with Gasteiger partial charge in [-0.05, 0) is 44.6 Å². The topological polar surface area (TPSA) is 48.3 Å². The van der Waals surface area contributed by atoms with Crippen molar-refractivity contribution in [2.24, 2.45) is 0 Å². The molecule has 4 heteroatoms. The lowest BCUT2D eigenvalue weighted by Crippen LogP contribution is -2.42. The van der Waals surface area contributed by atoms with Crippen molar-refractivity contribution in [1.29, 1.82) is 5.26 Å². The first-order valence-corrected chi connectivity index (χ1v) is 7.22. The second-order valence-corrected chi connectivity index (χ2v) is 5.40. The molecule has 1 aromatic rings. The van der Waals surface area contributed by atoms with E-state index in [1.807, 2.05) is 12.1 Å². The minimum atomic E-state index is 0.619. The molecule has 2 rings (SSSR count). The van der Waals surface area contributed by atoms with Gasteiger partial charge in [0, 0.05) is 24.7 Å². The zero-order valence-electron chi connectivity index (χ0n) is 12.4. The molecule has 108 valence electrons. The molecule has 1 saturated heterocycles. The predicted octanol–water partition coefficient (Wildman–Crippen LogP) is 2.14. The van der Waals surface area contributed by atoms with Crippen molar-refractivity contribution < 1.29 is 4.74 Å². The lowest BCUT2D eigenvalue weighted by molar-refractivity contribution is 0.181. The Hall–Kier alpha value is -1.57. The van der Waals surface area contributed by atoms with Crippen molar-refractivity contribution in [2.45, 2.75) is 31.8 Å². The molecule has 0 bridgehead atoms. The zero-order chi connectivity index (χ0) is 14.4. The fourth-order valence-corrected chi connectivity index (χ4v) is 2.76. The van der Waals surface area contributed by atoms with Crippen molar-refractivity contribution in [1.82, 2.24) is 10.2 Å². The summed E-state index contributed by atoms with van der Waals surface area (Å²) >= 11 is 0. The van der Waals surface area contributed by atoms with E-state index < -0.39 is 0 Å². The fourth-order valence-electron chi connectivity index (χ4n) is 2.76. The van der Waals surface area contributed by atoms with Crippen LogP contribution in [0.3, 0.4) is 0 Å². The Bertz CT molecular complexity index is 481. The highest BCUT2D eigenvalue weighted by molar-refractivity contribution is 5.41. The second-order valence-electron chi connectivity index (χ2n) is 5.40. The summed E-state index contributed by atoms with van der Waals surface area (Å²) in [6.07, 6.45) is 3.90. The summed E-state index contributed by atoms with van der Waals surface area (Å²) in [5.41, 5.74) is 1.72. The van der Waals surface area contributed by atoms with Crippen LogP contribution in [0, 0.1) is 11.3 Å². The van der Waals surface area contributed by atoms with Crippen molar-refractivity contribution in [2.75, 3.05) is 27.2 Å². The summed E-state index contributed by atoms with van der Waals surface area (Å²) in [6, 6.07) is 8.34. The van der Waals surface area contributed by atoms with Crippen LogP contribution in [0.1, 0.15) is 30.4 Å². The Labute approximate surface area is 121 Å². The van der Waals surface area contributed by atoms with Gasteiger partial charge in [-0.15, -0.1) is 0 Å². The minimum absolute atomic E-state index is 0.619. The smallest absolute Gasteiger partial charge is 0.123 e. The molecule has 20 heavy (non-hydrogen) atoms. The standard InChI is InChI=1S/C16H23N3O/c1-19-8-4-3-5-15(19)12-18-11-14-9-13(10-17)6-7-16(14)20-2/h6-7,9,15,18H,3-5,8,11-12H2,1-2H3. The van der Waals surface area contributed by atoms with Gasteiger partial charge < -0.3 is 15.0 Å². The highest BCUT2D eigenvalue weighted by Crippen LogP contribution is 2.20. The maximum Gasteiger partial charge on any atom is 0.123 e. The van der Waals surface area contributed by atoms with Crippen LogP contribution >= 0.6 is 0 Å². The number of hydrogen-bond donors (Lipinski definition) is 1. The van der Waals surface area contributed by atoms with Crippen molar-refractivity contribution >= 4 is 0 Å². The van der Waals surface area contributed by atoms with Gasteiger partial charge >= 0.3 is 0 Å². The molecule has 1 atom stereocenters. The van der Waals surface area contributed by atoms with Crippen LogP contribution in [0.15, 0.2) is 18.2 Å². The molecule has 1 unspecified atom stereocenters. The van der Waals surface area contributed by atoms with E-state index in [0.29, 0.717) is 11.6 Å². The van der Waals surface area contributed by atoms with Gasteiger partial charge in [-0.3, -0.25) is 0 Å². The fraction of sp³-hybridized carbons (Fsp3) is 0.562. The van der Waals surface area contributed by atoms with E-state index >= 15 is 0 Å². The Morgan fingerprint density at radius 2 is 2.30 bits per heavy atom. The van der Waals surface area contributed by atoms with Crippen LogP contribution in [-0.2, 0) is 6.54 Å². The van der Waals surface area contributed by atoms with Gasteiger partial charge in [0.15, 0.2) is 0 Å². The molecule has 0 aromatic heterocycles. The number of nitrogens with one attached hydrogen (secondary N) is 1. The van der Waals surface area contributed by atoms with Gasteiger partial charge in [-0.2, -0.15) is 5.26 Å². The van der Waals surface area contributed by atoms with Crippen molar-refractivity contribution in [3.63, 3.8) is 0 Å². The quantitative estimate of drug-likeness (QED) is 0.893. The Morgan fingerprint density at radius 1 is 1.45 bits per heavy atom. The van der Waals surface area contributed by atoms with Crippen LogP contribution < -0.4 is 10.1 Å². The molecule has 1 aromatic carbocycles. The van der Waals surface area contributed by atoms with Gasteiger partial charge in [-0.25, -0.2) is 0 Å². The first-order chi connectivity index (χ1) is 9.74. The Kier molecular flexibility index (Phi) is 5.40. The second kappa shape index (κ2) is 7.28. The number of benzene rings is 1. The van der Waals surface area contributed by atoms with Crippen molar-refractivity contribution in [3.8, 4) is 11.8 Å². The summed E-state index contributed by atoms with van der Waals surface area (Å²) in [5.74, 6) is 0.841. The normalized spacial score (nSPS) is 19.6. The van der Waals surface area contributed by atoms with Crippen LogP contribution in [0.4, 0.5) is 0 Å². The summed E-state index contributed by atoms with van der Waals surface area (Å²) in [6.45, 7) is 2.92. The monoisotopic (exact) mass is 273 g/mol. The Morgan fingerprint density at radius 3 is 3.00 bits per heavy atom. The van der Waals surface area contributed by atoms with Gasteiger partial charge in [-0.1, -0.05) is 6.42 Å². The number of hydrogen-bond acceptors (Lipinski definition) is 4. The molecule has 1 heterocycles. The van der Waals surface area contributed by atoms with Crippen LogP contribution in [0.25, 0.3) is 0 Å². The summed E-state index contributed by atoms with van der Waals surface area (Å²) in [5, 5.41) is 12.5. The SMILES string of the molecule is COc1ccc(C#N)cc1CNCC1CCCCN1C. The van der Waals surface area contributed by atoms with E-state index in [9.17, 15) is 0 Å². The number of piperidine rings is 1. The molecule has 0 saturated carbocycles. The molecular weight excluding hydrogens is 250 g/mol. The minimum Gasteiger partial charge on any atom is -0.496 e. The third-order valence-corrected chi connectivity index (χ3v) is 4.03. The van der Waals surface area contributed by atoms with E-state index in [1.165, 1.54) is 25.8 Å². The third kappa shape index (κ3) is 3.72. The average Bonchev–Trinajstić information content (AvgIpc) is 2.49. The molecule has 0 radical (unpaired) electrons. The summed E-state index contributed by atoms with van der Waals surface area (Å²) < 4.78 is 5.35. The highest BCUT2D eigenvalue weighted by atomic mass is 16.5. The molecule has 1 aliphatic heterocycles. The molecule has 1 N–H and O–H groups in total. The van der Waals surface area contributed by atoms with E-state index in [4.69, 9.17) is 10.00 Å².